The molecule has 12 bridgehead atoms. The Kier molecular flexibility index (Phi) is 7.79. The molecule has 0 spiro atoms. The summed E-state index contributed by atoms with van der Waals surface area (Å²) in [5.41, 5.74) is 9.02. The molecule has 1 aromatic heterocycles. The largest absolute Gasteiger partial charge is 0.493 e. The van der Waals surface area contributed by atoms with Crippen LogP contribution in [0.3, 0.4) is 0 Å². The Morgan fingerprint density at radius 3 is 2.52 bits per heavy atom. The van der Waals surface area contributed by atoms with Crippen molar-refractivity contribution in [1.29, 1.82) is 0 Å². The summed E-state index contributed by atoms with van der Waals surface area (Å²) in [5, 5.41) is 3.75. The van der Waals surface area contributed by atoms with Crippen molar-refractivity contribution < 1.29 is 27.8 Å². The van der Waals surface area contributed by atoms with E-state index >= 15 is 0 Å². The van der Waals surface area contributed by atoms with Gasteiger partial charge in [0, 0.05) is 38.0 Å². The molecule has 8 aliphatic rings. The van der Waals surface area contributed by atoms with E-state index in [0.29, 0.717) is 47.6 Å². The minimum absolute atomic E-state index is 0.101. The minimum atomic E-state index is -0.218. The number of amides is 2. The molecule has 9 heteroatoms. The minimum Gasteiger partial charge on any atom is -0.493 e. The molecule has 2 unspecified atom stereocenters. The number of hydrogen-bond donors (Lipinski definition) is 1. The van der Waals surface area contributed by atoms with Crippen LogP contribution in [0.25, 0.3) is 22.1 Å². The zero-order chi connectivity index (χ0) is 32.9. The summed E-state index contributed by atoms with van der Waals surface area (Å²) in [6.07, 6.45) is 10.6. The molecular formula is C39H41N3O6. The monoisotopic (exact) mass is 647 g/mol. The van der Waals surface area contributed by atoms with Gasteiger partial charge in [0.25, 0.3) is 0 Å². The molecule has 0 fully saturated rings. The molecule has 7 aliphatic heterocycles. The quantitative estimate of drug-likeness (QED) is 0.238. The number of methoxy groups -OCH3 is 2. The second-order valence-corrected chi connectivity index (χ2v) is 13.1. The molecule has 48 heavy (non-hydrogen) atoms. The van der Waals surface area contributed by atoms with Crippen LogP contribution in [0.4, 0.5) is 4.79 Å². The lowest BCUT2D eigenvalue weighted by Gasteiger charge is -2.38. The first-order valence-electron chi connectivity index (χ1n) is 16.8. The highest BCUT2D eigenvalue weighted by molar-refractivity contribution is 5.90. The highest BCUT2D eigenvalue weighted by atomic mass is 16.5. The summed E-state index contributed by atoms with van der Waals surface area (Å²) < 4.78 is 31.4. The summed E-state index contributed by atoms with van der Waals surface area (Å²) in [6, 6.07) is 14.4. The van der Waals surface area contributed by atoms with E-state index in [1.807, 2.05) is 17.0 Å². The van der Waals surface area contributed by atoms with Gasteiger partial charge in [0.1, 0.15) is 5.76 Å². The fraction of sp³-hybridized carbons (Fsp3) is 0.359. The van der Waals surface area contributed by atoms with Crippen LogP contribution in [0, 0.1) is 0 Å². The van der Waals surface area contributed by atoms with E-state index in [0.717, 1.165) is 65.8 Å². The Labute approximate surface area is 280 Å². The van der Waals surface area contributed by atoms with Crippen LogP contribution in [-0.2, 0) is 19.3 Å². The average Bonchev–Trinajstić information content (AvgIpc) is 3.09. The smallest absolute Gasteiger partial charge is 0.317 e. The lowest BCUT2D eigenvalue weighted by atomic mass is 9.84. The third kappa shape index (κ3) is 5.26. The van der Waals surface area contributed by atoms with Gasteiger partial charge < -0.3 is 33.3 Å². The van der Waals surface area contributed by atoms with Crippen LogP contribution in [0.1, 0.15) is 59.2 Å². The SMILES string of the molecule is CNC(=O)N1CCc2cc(OC)c3oc4cc5c6cc4occc3c2C1CC1=CC=C(CC1)Oc1cc(ccc1OC)CC6N(C)CC5. The molecule has 4 aromatic rings. The fourth-order valence-electron chi connectivity index (χ4n) is 7.92. The first-order valence-corrected chi connectivity index (χ1v) is 16.8. The molecular weight excluding hydrogens is 606 g/mol. The number of nitrogens with zero attached hydrogens (tertiary/aromatic N) is 2. The van der Waals surface area contributed by atoms with E-state index < -0.39 is 0 Å². The highest BCUT2D eigenvalue weighted by Crippen LogP contribution is 2.44. The summed E-state index contributed by atoms with van der Waals surface area (Å²) in [6.45, 7) is 1.52. The van der Waals surface area contributed by atoms with E-state index in [4.69, 9.17) is 23.0 Å². The van der Waals surface area contributed by atoms with Crippen molar-refractivity contribution in [3.8, 4) is 17.2 Å². The number of allylic oxidation sites excluding steroid dienone is 3. The normalized spacial score (nSPS) is 20.2. The maximum absolute atomic E-state index is 13.4. The topological polar surface area (TPSA) is 89.6 Å². The van der Waals surface area contributed by atoms with Crippen molar-refractivity contribution in [2.24, 2.45) is 0 Å². The van der Waals surface area contributed by atoms with Crippen LogP contribution in [0.5, 0.6) is 17.2 Å². The second kappa shape index (κ2) is 12.3. The Bertz CT molecular complexity index is 2050. The van der Waals surface area contributed by atoms with Gasteiger partial charge in [-0.3, -0.25) is 4.90 Å². The van der Waals surface area contributed by atoms with E-state index in [2.05, 4.69) is 59.7 Å². The van der Waals surface area contributed by atoms with Gasteiger partial charge in [-0.15, -0.1) is 0 Å². The maximum Gasteiger partial charge on any atom is 0.317 e. The molecule has 1 N–H and O–H groups in total. The van der Waals surface area contributed by atoms with Gasteiger partial charge in [-0.25, -0.2) is 4.79 Å². The Balaban J connectivity index is 1.40. The molecule has 3 aromatic carbocycles. The van der Waals surface area contributed by atoms with E-state index in [-0.39, 0.29) is 18.1 Å². The summed E-state index contributed by atoms with van der Waals surface area (Å²) in [4.78, 5) is 17.7. The summed E-state index contributed by atoms with van der Waals surface area (Å²) in [5.74, 6) is 2.99. The third-order valence-corrected chi connectivity index (χ3v) is 10.5. The number of rotatable bonds is 2. The number of hydrogen-bond acceptors (Lipinski definition) is 7. The summed E-state index contributed by atoms with van der Waals surface area (Å²) in [7, 11) is 7.23. The second-order valence-electron chi connectivity index (χ2n) is 13.1. The molecule has 248 valence electrons. The number of likely N-dealkylation sites (N-methyl/N-ethyl adjacent to an activating group) is 1. The Morgan fingerprint density at radius 2 is 1.73 bits per heavy atom. The number of benzene rings is 3. The van der Waals surface area contributed by atoms with Crippen LogP contribution >= 0.6 is 0 Å². The molecule has 0 saturated carbocycles. The first kappa shape index (κ1) is 30.4. The first-order chi connectivity index (χ1) is 23.4. The van der Waals surface area contributed by atoms with Crippen molar-refractivity contribution in [2.45, 2.75) is 50.6 Å². The van der Waals surface area contributed by atoms with Gasteiger partial charge in [0.2, 0.25) is 0 Å². The predicted octanol–water partition coefficient (Wildman–Crippen LogP) is 7.72. The van der Waals surface area contributed by atoms with Gasteiger partial charge in [-0.2, -0.15) is 0 Å². The van der Waals surface area contributed by atoms with Crippen LogP contribution < -0.4 is 19.5 Å². The number of urea groups is 1. The van der Waals surface area contributed by atoms with Crippen molar-refractivity contribution in [3.63, 3.8) is 0 Å². The number of carbonyl (C=O) groups is 1. The summed E-state index contributed by atoms with van der Waals surface area (Å²) >= 11 is 0. The third-order valence-electron chi connectivity index (χ3n) is 10.5. The Morgan fingerprint density at radius 1 is 0.875 bits per heavy atom. The van der Waals surface area contributed by atoms with Gasteiger partial charge >= 0.3 is 6.03 Å². The van der Waals surface area contributed by atoms with E-state index in [1.165, 1.54) is 16.7 Å². The molecule has 2 atom stereocenters. The van der Waals surface area contributed by atoms with Crippen LogP contribution in [0.15, 0.2) is 81.0 Å². The van der Waals surface area contributed by atoms with Crippen LogP contribution in [-0.4, -0.2) is 57.2 Å². The van der Waals surface area contributed by atoms with E-state index in [9.17, 15) is 4.79 Å². The van der Waals surface area contributed by atoms with Crippen molar-refractivity contribution >= 4 is 28.2 Å². The zero-order valence-corrected chi connectivity index (χ0v) is 27.9. The standard InChI is InChI=1S/C39H41N3O6/c1-40-39(43)42-15-12-26-21-36(45-4)38-28-13-16-46-33-22-29-25(20-35(33)48-38)11-14-41(2)30(29)18-24-7-10-32(44-3)34(19-24)47-27-8-5-23(6-9-27)17-31(42)37(26)28/h5,7-8,10,13,16,19-22,30-31H,6,9,11-12,14-15,17-18H2,1-4H3,(H,40,43). The molecule has 12 rings (SSSR count). The van der Waals surface area contributed by atoms with Gasteiger partial charge in [-0.05, 0) is 109 Å². The van der Waals surface area contributed by atoms with Gasteiger partial charge in [0.15, 0.2) is 34.0 Å². The average molecular weight is 648 g/mol. The van der Waals surface area contributed by atoms with Crippen molar-refractivity contribution in [3.05, 3.63) is 100 Å². The molecule has 1 aliphatic carbocycles. The van der Waals surface area contributed by atoms with Crippen molar-refractivity contribution in [2.75, 3.05) is 41.4 Å². The predicted molar refractivity (Wildman–Crippen MR) is 184 cm³/mol. The lowest BCUT2D eigenvalue weighted by molar-refractivity contribution is 0.171. The molecule has 8 heterocycles. The number of ether oxygens (including phenoxy) is 3. The number of carbonyl (C=O) groups excluding carboxylic acids is 1. The maximum atomic E-state index is 13.4. The lowest BCUT2D eigenvalue weighted by Crippen LogP contribution is -2.44. The molecule has 0 radical (unpaired) electrons. The van der Waals surface area contributed by atoms with Crippen molar-refractivity contribution in [1.82, 2.24) is 15.1 Å². The Hall–Kier alpha value is -4.89. The molecule has 9 nitrogen and oxygen atoms in total. The fourth-order valence-corrected chi connectivity index (χ4v) is 7.92. The molecule has 2 amide bonds. The highest BCUT2D eigenvalue weighted by Gasteiger charge is 2.34. The van der Waals surface area contributed by atoms with Crippen LogP contribution in [0.2, 0.25) is 0 Å². The number of nitrogens with one attached hydrogen (secondary N) is 1. The van der Waals surface area contributed by atoms with E-state index in [1.54, 1.807) is 27.5 Å². The van der Waals surface area contributed by atoms with Gasteiger partial charge in [-0.1, -0.05) is 17.7 Å². The zero-order valence-electron chi connectivity index (χ0n) is 27.9. The molecule has 0 saturated heterocycles. The van der Waals surface area contributed by atoms with Gasteiger partial charge in [0.05, 0.1) is 26.5 Å².